The predicted molar refractivity (Wildman–Crippen MR) is 63.8 cm³/mol. The first-order valence-electron chi connectivity index (χ1n) is 5.38. The number of carbonyl (C=O) groups is 1. The molecule has 1 aromatic rings. The van der Waals surface area contributed by atoms with E-state index in [1.165, 1.54) is 18.4 Å². The monoisotopic (exact) mass is 257 g/mol. The minimum Gasteiger partial charge on any atom is -0.469 e. The highest BCUT2D eigenvalue weighted by Crippen LogP contribution is 2.17. The Morgan fingerprint density at radius 2 is 2.41 bits per heavy atom. The number of esters is 1. The Labute approximate surface area is 104 Å². The van der Waals surface area contributed by atoms with Gasteiger partial charge in [-0.25, -0.2) is 9.99 Å². The Bertz CT molecular complexity index is 377. The molecule has 0 unspecified atom stereocenters. The van der Waals surface area contributed by atoms with Gasteiger partial charge in [0.1, 0.15) is 0 Å². The van der Waals surface area contributed by atoms with Gasteiger partial charge >= 0.3 is 5.97 Å². The SMILES string of the molecule is COC(=O)Cc1csc(NN2CCOCC2)n1. The van der Waals surface area contributed by atoms with Gasteiger partial charge in [-0.15, -0.1) is 11.3 Å². The molecule has 0 atom stereocenters. The number of hydrazine groups is 1. The quantitative estimate of drug-likeness (QED) is 0.793. The largest absolute Gasteiger partial charge is 0.469 e. The number of nitrogens with one attached hydrogen (secondary N) is 1. The number of hydrogen-bond acceptors (Lipinski definition) is 7. The summed E-state index contributed by atoms with van der Waals surface area (Å²) in [7, 11) is 1.38. The summed E-state index contributed by atoms with van der Waals surface area (Å²) in [5, 5.41) is 4.72. The molecule has 2 heterocycles. The molecule has 1 saturated heterocycles. The second-order valence-electron chi connectivity index (χ2n) is 3.61. The minimum absolute atomic E-state index is 0.220. The third-order valence-electron chi connectivity index (χ3n) is 2.37. The van der Waals surface area contributed by atoms with Crippen molar-refractivity contribution in [2.24, 2.45) is 0 Å². The number of nitrogens with zero attached hydrogens (tertiary/aromatic N) is 2. The zero-order chi connectivity index (χ0) is 12.1. The van der Waals surface area contributed by atoms with Crippen LogP contribution >= 0.6 is 11.3 Å². The molecule has 0 amide bonds. The first kappa shape index (κ1) is 12.3. The van der Waals surface area contributed by atoms with E-state index in [9.17, 15) is 4.79 Å². The zero-order valence-corrected chi connectivity index (χ0v) is 10.5. The Morgan fingerprint density at radius 3 is 3.12 bits per heavy atom. The summed E-state index contributed by atoms with van der Waals surface area (Å²) in [4.78, 5) is 15.4. The first-order chi connectivity index (χ1) is 8.28. The van der Waals surface area contributed by atoms with E-state index in [1.54, 1.807) is 0 Å². The molecule has 94 valence electrons. The number of aromatic nitrogens is 1. The number of anilines is 1. The number of hydrogen-bond donors (Lipinski definition) is 1. The number of ether oxygens (including phenoxy) is 2. The molecule has 7 heteroatoms. The number of rotatable bonds is 4. The van der Waals surface area contributed by atoms with Crippen LogP contribution in [0.4, 0.5) is 5.13 Å². The van der Waals surface area contributed by atoms with Crippen LogP contribution in [0.3, 0.4) is 0 Å². The van der Waals surface area contributed by atoms with Crippen LogP contribution in [0.2, 0.25) is 0 Å². The Balaban J connectivity index is 1.86. The van der Waals surface area contributed by atoms with Gasteiger partial charge in [-0.2, -0.15) is 0 Å². The average molecular weight is 257 g/mol. The van der Waals surface area contributed by atoms with Crippen LogP contribution in [0.1, 0.15) is 5.69 Å². The maximum absolute atomic E-state index is 11.1. The summed E-state index contributed by atoms with van der Waals surface area (Å²) < 4.78 is 9.84. The molecule has 0 spiro atoms. The lowest BCUT2D eigenvalue weighted by Crippen LogP contribution is -2.40. The number of carbonyl (C=O) groups excluding carboxylic acids is 1. The summed E-state index contributed by atoms with van der Waals surface area (Å²) in [5.41, 5.74) is 3.94. The molecule has 1 aliphatic heterocycles. The highest BCUT2D eigenvalue weighted by molar-refractivity contribution is 7.13. The molecule has 0 saturated carbocycles. The average Bonchev–Trinajstić information content (AvgIpc) is 2.77. The second-order valence-corrected chi connectivity index (χ2v) is 4.47. The van der Waals surface area contributed by atoms with E-state index >= 15 is 0 Å². The van der Waals surface area contributed by atoms with Gasteiger partial charge in [-0.3, -0.25) is 10.2 Å². The van der Waals surface area contributed by atoms with E-state index in [4.69, 9.17) is 4.74 Å². The van der Waals surface area contributed by atoms with Gasteiger partial charge in [0.05, 0.1) is 32.4 Å². The molecular weight excluding hydrogens is 242 g/mol. The molecule has 1 aliphatic rings. The molecule has 0 bridgehead atoms. The highest BCUT2D eigenvalue weighted by Gasteiger charge is 2.12. The van der Waals surface area contributed by atoms with Gasteiger partial charge < -0.3 is 9.47 Å². The van der Waals surface area contributed by atoms with Crippen molar-refractivity contribution in [2.45, 2.75) is 6.42 Å². The van der Waals surface area contributed by atoms with Crippen LogP contribution in [0, 0.1) is 0 Å². The van der Waals surface area contributed by atoms with Crippen LogP contribution in [0.25, 0.3) is 0 Å². The fourth-order valence-corrected chi connectivity index (χ4v) is 2.21. The number of morpholine rings is 1. The van der Waals surface area contributed by atoms with E-state index in [2.05, 4.69) is 20.2 Å². The van der Waals surface area contributed by atoms with Crippen molar-refractivity contribution >= 4 is 22.4 Å². The Kier molecular flexibility index (Phi) is 4.29. The first-order valence-corrected chi connectivity index (χ1v) is 6.26. The van der Waals surface area contributed by atoms with Gasteiger partial charge in [0.2, 0.25) is 0 Å². The Hall–Kier alpha value is -1.18. The van der Waals surface area contributed by atoms with Gasteiger partial charge in [0.25, 0.3) is 0 Å². The van der Waals surface area contributed by atoms with Crippen LogP contribution in [0.15, 0.2) is 5.38 Å². The van der Waals surface area contributed by atoms with E-state index < -0.39 is 0 Å². The summed E-state index contributed by atoms with van der Waals surface area (Å²) in [5.74, 6) is -0.270. The van der Waals surface area contributed by atoms with Crippen molar-refractivity contribution in [1.82, 2.24) is 9.99 Å². The molecule has 0 radical (unpaired) electrons. The van der Waals surface area contributed by atoms with E-state index in [-0.39, 0.29) is 12.4 Å². The van der Waals surface area contributed by atoms with Crippen molar-refractivity contribution in [3.8, 4) is 0 Å². The van der Waals surface area contributed by atoms with Crippen LogP contribution in [-0.4, -0.2) is 49.4 Å². The third-order valence-corrected chi connectivity index (χ3v) is 3.17. The maximum Gasteiger partial charge on any atom is 0.311 e. The fraction of sp³-hybridized carbons (Fsp3) is 0.600. The summed E-state index contributed by atoms with van der Waals surface area (Å²) in [6, 6.07) is 0. The molecule has 0 aliphatic carbocycles. The van der Waals surface area contributed by atoms with Crippen molar-refractivity contribution in [2.75, 3.05) is 38.8 Å². The van der Waals surface area contributed by atoms with Crippen LogP contribution < -0.4 is 5.43 Å². The summed E-state index contributed by atoms with van der Waals surface area (Å²) in [6.07, 6.45) is 0.220. The molecule has 1 aromatic heterocycles. The van der Waals surface area contributed by atoms with Crippen LogP contribution in [-0.2, 0) is 20.7 Å². The lowest BCUT2D eigenvalue weighted by atomic mass is 10.3. The molecule has 1 fully saturated rings. The highest BCUT2D eigenvalue weighted by atomic mass is 32.1. The second kappa shape index (κ2) is 5.95. The number of methoxy groups -OCH3 is 1. The van der Waals surface area contributed by atoms with Crippen molar-refractivity contribution in [1.29, 1.82) is 0 Å². The zero-order valence-electron chi connectivity index (χ0n) is 9.64. The predicted octanol–water partition coefficient (Wildman–Crippen LogP) is 0.518. The standard InChI is InChI=1S/C10H15N3O3S/c1-15-9(14)6-8-7-17-10(11-8)12-13-2-4-16-5-3-13/h7H,2-6H2,1H3,(H,11,12). The van der Waals surface area contributed by atoms with E-state index in [1.807, 2.05) is 5.38 Å². The van der Waals surface area contributed by atoms with Gasteiger partial charge in [0, 0.05) is 18.5 Å². The van der Waals surface area contributed by atoms with E-state index in [0.717, 1.165) is 37.1 Å². The van der Waals surface area contributed by atoms with Gasteiger partial charge in [-0.05, 0) is 0 Å². The number of thiazole rings is 1. The molecule has 17 heavy (non-hydrogen) atoms. The lowest BCUT2D eigenvalue weighted by molar-refractivity contribution is -0.139. The van der Waals surface area contributed by atoms with Crippen molar-refractivity contribution in [3.63, 3.8) is 0 Å². The maximum atomic E-state index is 11.1. The molecule has 1 N–H and O–H groups in total. The van der Waals surface area contributed by atoms with Crippen molar-refractivity contribution < 1.29 is 14.3 Å². The molecular formula is C10H15N3O3S. The fourth-order valence-electron chi connectivity index (χ4n) is 1.47. The van der Waals surface area contributed by atoms with Crippen molar-refractivity contribution in [3.05, 3.63) is 11.1 Å². The summed E-state index contributed by atoms with van der Waals surface area (Å²) >= 11 is 1.48. The van der Waals surface area contributed by atoms with Gasteiger partial charge in [-0.1, -0.05) is 0 Å². The van der Waals surface area contributed by atoms with Gasteiger partial charge in [0.15, 0.2) is 5.13 Å². The molecule has 6 nitrogen and oxygen atoms in total. The topological polar surface area (TPSA) is 63.7 Å². The van der Waals surface area contributed by atoms with E-state index in [0.29, 0.717) is 0 Å². The summed E-state index contributed by atoms with van der Waals surface area (Å²) in [6.45, 7) is 3.14. The molecule has 2 rings (SSSR count). The lowest BCUT2D eigenvalue weighted by Gasteiger charge is -2.26. The third kappa shape index (κ3) is 3.65. The normalized spacial score (nSPS) is 16.8. The smallest absolute Gasteiger partial charge is 0.311 e. The Morgan fingerprint density at radius 1 is 1.65 bits per heavy atom. The minimum atomic E-state index is -0.270. The van der Waals surface area contributed by atoms with Crippen LogP contribution in [0.5, 0.6) is 0 Å². The molecule has 0 aromatic carbocycles.